The van der Waals surface area contributed by atoms with Crippen LogP contribution in [0.1, 0.15) is 89.8 Å². The van der Waals surface area contributed by atoms with Gasteiger partial charge in [-0.2, -0.15) is 0 Å². The predicted octanol–water partition coefficient (Wildman–Crippen LogP) is 6.68. The number of para-hydroxylation sites is 1. The minimum Gasteiger partial charge on any atom is -0.469 e. The van der Waals surface area contributed by atoms with Gasteiger partial charge in [-0.3, -0.25) is 0 Å². The number of aromatic nitrogens is 2. The van der Waals surface area contributed by atoms with Crippen LogP contribution in [0, 0.1) is 6.33 Å². The molecule has 0 saturated heterocycles. The van der Waals surface area contributed by atoms with E-state index in [9.17, 15) is 0 Å². The zero-order valence-corrected chi connectivity index (χ0v) is 18.7. The van der Waals surface area contributed by atoms with Crippen molar-refractivity contribution in [2.75, 3.05) is 0 Å². The van der Waals surface area contributed by atoms with Gasteiger partial charge in [0.15, 0.2) is 0 Å². The van der Waals surface area contributed by atoms with E-state index >= 15 is 0 Å². The average molecular weight is 401 g/mol. The van der Waals surface area contributed by atoms with E-state index in [0.29, 0.717) is 6.04 Å². The van der Waals surface area contributed by atoms with Gasteiger partial charge in [-0.15, -0.1) is 0 Å². The Balaban J connectivity index is 1.60. The Kier molecular flexibility index (Phi) is 3.77. The third-order valence-electron chi connectivity index (χ3n) is 8.00. The molecule has 30 heavy (non-hydrogen) atoms. The number of hydrogen-bond acceptors (Lipinski definition) is 1. The van der Waals surface area contributed by atoms with E-state index in [-0.39, 0.29) is 10.8 Å². The van der Waals surface area contributed by atoms with Crippen molar-refractivity contribution in [3.05, 3.63) is 47.8 Å². The Morgan fingerprint density at radius 1 is 0.933 bits per heavy atom. The van der Waals surface area contributed by atoms with E-state index in [2.05, 4.69) is 73.5 Å². The highest BCUT2D eigenvalue weighted by molar-refractivity contribution is 5.81. The molecule has 0 bridgehead atoms. The molecule has 0 atom stereocenters. The Bertz CT molecular complexity index is 1160. The highest BCUT2D eigenvalue weighted by atomic mass is 16.5. The molecule has 0 N–H and O–H groups in total. The van der Waals surface area contributed by atoms with Crippen LogP contribution in [0.15, 0.2) is 30.3 Å². The number of hydrogen-bond donors (Lipinski definition) is 0. The zero-order valence-electron chi connectivity index (χ0n) is 18.7. The number of fused-ring (bicyclic) bond motifs is 3. The van der Waals surface area contributed by atoms with Crippen LogP contribution in [0.4, 0.5) is 0 Å². The standard InChI is InChI=1S/C27H32N2O/c1-26(2)13-14-27(3,4)20-16-24-22(15-19(20)26)29-17-28(18-9-6-5-7-10-18)21-11-8-12-23(30-24)25(21)29/h8,11-12,15-16,18H,5-7,9-10,13-14H2,1-4H3. The Morgan fingerprint density at radius 2 is 1.63 bits per heavy atom. The van der Waals surface area contributed by atoms with Crippen LogP contribution in [-0.2, 0) is 10.8 Å². The quantitative estimate of drug-likeness (QED) is 0.257. The summed E-state index contributed by atoms with van der Waals surface area (Å²) in [5, 5.41) is 0. The fraction of sp³-hybridized carbons (Fsp3) is 0.519. The molecule has 1 fully saturated rings. The Morgan fingerprint density at radius 3 is 2.37 bits per heavy atom. The van der Waals surface area contributed by atoms with Gasteiger partial charge in [0.05, 0.1) is 22.8 Å². The molecule has 2 aromatic carbocycles. The monoisotopic (exact) mass is 400 g/mol. The van der Waals surface area contributed by atoms with E-state index in [1.165, 1.54) is 67.1 Å². The first-order chi connectivity index (χ1) is 14.4. The van der Waals surface area contributed by atoms with Crippen LogP contribution in [0.25, 0.3) is 16.7 Å². The number of nitrogens with zero attached hydrogens (tertiary/aromatic N) is 2. The molecule has 6 rings (SSSR count). The normalized spacial score (nSPS) is 21.7. The van der Waals surface area contributed by atoms with Crippen molar-refractivity contribution in [1.29, 1.82) is 0 Å². The van der Waals surface area contributed by atoms with E-state index in [0.717, 1.165) is 17.2 Å². The maximum absolute atomic E-state index is 6.52. The minimum atomic E-state index is 0.179. The molecule has 0 amide bonds. The second kappa shape index (κ2) is 6.12. The molecule has 3 aromatic rings. The Labute approximate surface area is 179 Å². The van der Waals surface area contributed by atoms with Gasteiger partial charge < -0.3 is 13.9 Å². The minimum absolute atomic E-state index is 0.179. The van der Waals surface area contributed by atoms with Crippen LogP contribution in [0.2, 0.25) is 0 Å². The van der Waals surface area contributed by atoms with Crippen molar-refractivity contribution in [2.45, 2.75) is 89.5 Å². The van der Waals surface area contributed by atoms with Crippen molar-refractivity contribution >= 4 is 11.0 Å². The lowest BCUT2D eigenvalue weighted by Crippen LogP contribution is -2.37. The van der Waals surface area contributed by atoms with Gasteiger partial charge in [-0.05, 0) is 78.7 Å². The van der Waals surface area contributed by atoms with Gasteiger partial charge >= 0.3 is 0 Å². The van der Waals surface area contributed by atoms with E-state index in [1.54, 1.807) is 0 Å². The molecule has 3 heteroatoms. The Hall–Kier alpha value is -2.29. The molecule has 0 spiro atoms. The van der Waals surface area contributed by atoms with Crippen LogP contribution in [-0.4, -0.2) is 4.57 Å². The van der Waals surface area contributed by atoms with Gasteiger partial charge in [-0.25, -0.2) is 0 Å². The zero-order chi connectivity index (χ0) is 20.7. The number of ether oxygens (including phenoxy) is 1. The summed E-state index contributed by atoms with van der Waals surface area (Å²) in [6.07, 6.45) is 12.7. The molecular formula is C27H32N2O. The van der Waals surface area contributed by atoms with Crippen LogP contribution in [0.3, 0.4) is 0 Å². The molecule has 0 unspecified atom stereocenters. The van der Waals surface area contributed by atoms with Crippen molar-refractivity contribution in [3.63, 3.8) is 0 Å². The fourth-order valence-corrected chi connectivity index (χ4v) is 5.97. The maximum atomic E-state index is 6.52. The molecule has 1 aliphatic heterocycles. The summed E-state index contributed by atoms with van der Waals surface area (Å²) >= 11 is 0. The summed E-state index contributed by atoms with van der Waals surface area (Å²) in [4.78, 5) is 0. The van der Waals surface area contributed by atoms with Crippen LogP contribution >= 0.6 is 0 Å². The van der Waals surface area contributed by atoms with Crippen LogP contribution < -0.4 is 9.30 Å². The third-order valence-corrected chi connectivity index (χ3v) is 8.00. The lowest BCUT2D eigenvalue weighted by atomic mass is 9.63. The lowest BCUT2D eigenvalue weighted by Gasteiger charge is -2.42. The second-order valence-electron chi connectivity index (χ2n) is 11.0. The van der Waals surface area contributed by atoms with E-state index < -0.39 is 0 Å². The second-order valence-corrected chi connectivity index (χ2v) is 11.0. The summed E-state index contributed by atoms with van der Waals surface area (Å²) < 4.78 is 11.2. The third kappa shape index (κ3) is 2.53. The summed E-state index contributed by atoms with van der Waals surface area (Å²) in [5.74, 6) is 1.93. The summed E-state index contributed by atoms with van der Waals surface area (Å²) in [6, 6.07) is 11.8. The van der Waals surface area contributed by atoms with Gasteiger partial charge in [0.2, 0.25) is 6.33 Å². The molecule has 1 saturated carbocycles. The van der Waals surface area contributed by atoms with Crippen molar-refractivity contribution < 1.29 is 9.30 Å². The summed E-state index contributed by atoms with van der Waals surface area (Å²) in [6.45, 7) is 9.53. The maximum Gasteiger partial charge on any atom is 0.244 e. The first kappa shape index (κ1) is 18.5. The first-order valence-corrected chi connectivity index (χ1v) is 11.7. The van der Waals surface area contributed by atoms with E-state index in [1.807, 2.05) is 0 Å². The topological polar surface area (TPSA) is 18.0 Å². The number of benzene rings is 2. The van der Waals surface area contributed by atoms with E-state index in [4.69, 9.17) is 4.74 Å². The summed E-state index contributed by atoms with van der Waals surface area (Å²) in [7, 11) is 0. The van der Waals surface area contributed by atoms with Gasteiger partial charge in [0, 0.05) is 0 Å². The molecule has 2 heterocycles. The number of rotatable bonds is 1. The molecule has 2 aliphatic carbocycles. The van der Waals surface area contributed by atoms with Gasteiger partial charge in [0.25, 0.3) is 0 Å². The molecule has 156 valence electrons. The van der Waals surface area contributed by atoms with Crippen LogP contribution in [0.5, 0.6) is 11.5 Å². The molecule has 1 aromatic heterocycles. The van der Waals surface area contributed by atoms with Gasteiger partial charge in [-0.1, -0.05) is 46.2 Å². The first-order valence-electron chi connectivity index (χ1n) is 11.7. The highest BCUT2D eigenvalue weighted by Crippen LogP contribution is 2.49. The van der Waals surface area contributed by atoms with Crippen molar-refractivity contribution in [1.82, 2.24) is 4.57 Å². The molecule has 0 radical (unpaired) electrons. The summed E-state index contributed by atoms with van der Waals surface area (Å²) in [5.41, 5.74) is 6.85. The van der Waals surface area contributed by atoms with Gasteiger partial charge in [0.1, 0.15) is 11.5 Å². The highest BCUT2D eigenvalue weighted by Gasteiger charge is 2.39. The lowest BCUT2D eigenvalue weighted by molar-refractivity contribution is -0.576. The smallest absolute Gasteiger partial charge is 0.244 e. The molecular weight excluding hydrogens is 368 g/mol. The molecule has 3 aliphatic rings. The fourth-order valence-electron chi connectivity index (χ4n) is 5.97. The van der Waals surface area contributed by atoms with Crippen molar-refractivity contribution in [3.8, 4) is 17.2 Å². The predicted molar refractivity (Wildman–Crippen MR) is 120 cm³/mol. The molecule has 3 nitrogen and oxygen atoms in total. The SMILES string of the molecule is CC1(C)CCC(C)(C)c2cc3c(cc21)Oc1cccc2c1[n+]-3[c-]n2C1CCCCC1. The largest absolute Gasteiger partial charge is 0.469 e. The average Bonchev–Trinajstić information content (AvgIpc) is 3.13. The van der Waals surface area contributed by atoms with Crippen molar-refractivity contribution in [2.24, 2.45) is 0 Å². The number of imidazole rings is 1.